The van der Waals surface area contributed by atoms with Gasteiger partial charge in [0.25, 0.3) is 0 Å². The second kappa shape index (κ2) is 9.02. The second-order valence-electron chi connectivity index (χ2n) is 5.85. The molecule has 1 saturated heterocycles. The zero-order valence-electron chi connectivity index (χ0n) is 12.9. The molecule has 0 atom stereocenters. The molecule has 1 aliphatic heterocycles. The van der Waals surface area contributed by atoms with Crippen LogP contribution >= 0.6 is 0 Å². The van der Waals surface area contributed by atoms with Crippen molar-refractivity contribution in [3.63, 3.8) is 0 Å². The van der Waals surface area contributed by atoms with E-state index in [0.29, 0.717) is 0 Å². The molecule has 0 radical (unpaired) electrons. The third kappa shape index (κ3) is 5.54. The first kappa shape index (κ1) is 15.4. The van der Waals surface area contributed by atoms with Gasteiger partial charge in [0.2, 0.25) is 0 Å². The number of aryl methyl sites for hydroxylation is 1. The van der Waals surface area contributed by atoms with E-state index < -0.39 is 0 Å². The lowest BCUT2D eigenvalue weighted by atomic mass is 10.1. The Morgan fingerprint density at radius 2 is 1.70 bits per heavy atom. The van der Waals surface area contributed by atoms with Gasteiger partial charge in [-0.05, 0) is 56.5 Å². The Hall–Kier alpha value is -1.02. The lowest BCUT2D eigenvalue weighted by Gasteiger charge is -2.19. The zero-order chi connectivity index (χ0) is 14.0. The van der Waals surface area contributed by atoms with Crippen molar-refractivity contribution < 1.29 is 4.74 Å². The summed E-state index contributed by atoms with van der Waals surface area (Å²) in [6.45, 7) is 6.81. The SMILES string of the molecule is CCCc1ccc(OCCCN2CCCCCC2)cc1. The summed E-state index contributed by atoms with van der Waals surface area (Å²) in [6.07, 6.45) is 9.08. The third-order valence-corrected chi connectivity index (χ3v) is 4.05. The summed E-state index contributed by atoms with van der Waals surface area (Å²) in [5, 5.41) is 0. The maximum atomic E-state index is 5.83. The standard InChI is InChI=1S/C18H29NO/c1-2-8-17-9-11-18(12-10-17)20-16-7-15-19-13-5-3-4-6-14-19/h9-12H,2-8,13-16H2,1H3. The van der Waals surface area contributed by atoms with Gasteiger partial charge in [-0.15, -0.1) is 0 Å². The Balaban J connectivity index is 1.62. The molecule has 1 heterocycles. The normalized spacial score (nSPS) is 16.9. The van der Waals surface area contributed by atoms with Gasteiger partial charge >= 0.3 is 0 Å². The third-order valence-electron chi connectivity index (χ3n) is 4.05. The van der Waals surface area contributed by atoms with Gasteiger partial charge in [0.1, 0.15) is 5.75 Å². The van der Waals surface area contributed by atoms with Gasteiger partial charge in [-0.3, -0.25) is 0 Å². The summed E-state index contributed by atoms with van der Waals surface area (Å²) in [5.74, 6) is 1.01. The van der Waals surface area contributed by atoms with Gasteiger partial charge in [-0.25, -0.2) is 0 Å². The van der Waals surface area contributed by atoms with Crippen LogP contribution in [0.15, 0.2) is 24.3 Å². The van der Waals surface area contributed by atoms with Gasteiger partial charge in [-0.2, -0.15) is 0 Å². The summed E-state index contributed by atoms with van der Waals surface area (Å²) in [7, 11) is 0. The highest BCUT2D eigenvalue weighted by Crippen LogP contribution is 2.14. The number of nitrogens with zero attached hydrogens (tertiary/aromatic N) is 1. The monoisotopic (exact) mass is 275 g/mol. The molecular weight excluding hydrogens is 246 g/mol. The Labute approximate surface area is 124 Å². The summed E-state index contributed by atoms with van der Waals surface area (Å²) in [6, 6.07) is 8.59. The molecule has 1 aliphatic rings. The molecule has 0 spiro atoms. The molecule has 112 valence electrons. The largest absolute Gasteiger partial charge is 0.494 e. The molecule has 0 N–H and O–H groups in total. The van der Waals surface area contributed by atoms with E-state index in [1.807, 2.05) is 0 Å². The van der Waals surface area contributed by atoms with Crippen LogP contribution in [-0.4, -0.2) is 31.1 Å². The maximum Gasteiger partial charge on any atom is 0.119 e. The molecule has 1 fully saturated rings. The first-order valence-electron chi connectivity index (χ1n) is 8.32. The highest BCUT2D eigenvalue weighted by molar-refractivity contribution is 5.27. The van der Waals surface area contributed by atoms with Crippen LogP contribution in [0, 0.1) is 0 Å². The molecule has 0 aromatic heterocycles. The van der Waals surface area contributed by atoms with Crippen LogP contribution in [0.4, 0.5) is 0 Å². The smallest absolute Gasteiger partial charge is 0.119 e. The van der Waals surface area contributed by atoms with Gasteiger partial charge in [0, 0.05) is 6.54 Å². The van der Waals surface area contributed by atoms with Crippen LogP contribution in [0.2, 0.25) is 0 Å². The highest BCUT2D eigenvalue weighted by atomic mass is 16.5. The molecule has 0 bridgehead atoms. The van der Waals surface area contributed by atoms with Gasteiger partial charge < -0.3 is 9.64 Å². The van der Waals surface area contributed by atoms with Crippen molar-refractivity contribution >= 4 is 0 Å². The van der Waals surface area contributed by atoms with E-state index in [9.17, 15) is 0 Å². The number of rotatable bonds is 7. The Bertz CT molecular complexity index is 352. The van der Waals surface area contributed by atoms with E-state index in [1.54, 1.807) is 0 Å². The molecule has 0 amide bonds. The fraction of sp³-hybridized carbons (Fsp3) is 0.667. The lowest BCUT2D eigenvalue weighted by Crippen LogP contribution is -2.26. The van der Waals surface area contributed by atoms with Crippen molar-refractivity contribution in [2.45, 2.75) is 51.9 Å². The van der Waals surface area contributed by atoms with E-state index in [2.05, 4.69) is 36.1 Å². The van der Waals surface area contributed by atoms with Crippen LogP contribution in [0.25, 0.3) is 0 Å². The van der Waals surface area contributed by atoms with Crippen LogP contribution in [0.5, 0.6) is 5.75 Å². The minimum absolute atomic E-state index is 0.837. The molecule has 0 aliphatic carbocycles. The van der Waals surface area contributed by atoms with Crippen molar-refractivity contribution in [3.05, 3.63) is 29.8 Å². The van der Waals surface area contributed by atoms with E-state index in [1.165, 1.54) is 57.3 Å². The Morgan fingerprint density at radius 1 is 1.00 bits per heavy atom. The number of hydrogen-bond acceptors (Lipinski definition) is 2. The number of hydrogen-bond donors (Lipinski definition) is 0. The van der Waals surface area contributed by atoms with Crippen LogP contribution in [0.3, 0.4) is 0 Å². The van der Waals surface area contributed by atoms with Gasteiger partial charge in [0.05, 0.1) is 6.61 Å². The average molecular weight is 275 g/mol. The van der Waals surface area contributed by atoms with Crippen LogP contribution in [-0.2, 0) is 6.42 Å². The van der Waals surface area contributed by atoms with Crippen LogP contribution in [0.1, 0.15) is 51.0 Å². The molecule has 0 unspecified atom stereocenters. The predicted molar refractivity (Wildman–Crippen MR) is 85.5 cm³/mol. The second-order valence-corrected chi connectivity index (χ2v) is 5.85. The van der Waals surface area contributed by atoms with Crippen molar-refractivity contribution in [1.82, 2.24) is 4.90 Å². The number of likely N-dealkylation sites (tertiary alicyclic amines) is 1. The van der Waals surface area contributed by atoms with Crippen molar-refractivity contribution in [2.24, 2.45) is 0 Å². The van der Waals surface area contributed by atoms with E-state index >= 15 is 0 Å². The summed E-state index contributed by atoms with van der Waals surface area (Å²) in [5.41, 5.74) is 1.41. The van der Waals surface area contributed by atoms with Crippen molar-refractivity contribution in [3.8, 4) is 5.75 Å². The molecule has 2 nitrogen and oxygen atoms in total. The number of ether oxygens (including phenoxy) is 1. The number of benzene rings is 1. The van der Waals surface area contributed by atoms with Crippen molar-refractivity contribution in [2.75, 3.05) is 26.2 Å². The molecule has 0 saturated carbocycles. The Morgan fingerprint density at radius 3 is 2.35 bits per heavy atom. The molecule has 2 heteroatoms. The van der Waals surface area contributed by atoms with Gasteiger partial charge in [-0.1, -0.05) is 38.3 Å². The molecule has 1 aromatic rings. The minimum Gasteiger partial charge on any atom is -0.494 e. The van der Waals surface area contributed by atoms with Crippen molar-refractivity contribution in [1.29, 1.82) is 0 Å². The molecule has 1 aromatic carbocycles. The van der Waals surface area contributed by atoms with E-state index in [4.69, 9.17) is 4.74 Å². The summed E-state index contributed by atoms with van der Waals surface area (Å²) in [4.78, 5) is 2.60. The minimum atomic E-state index is 0.837. The fourth-order valence-electron chi connectivity index (χ4n) is 2.88. The summed E-state index contributed by atoms with van der Waals surface area (Å²) < 4.78 is 5.83. The zero-order valence-corrected chi connectivity index (χ0v) is 12.9. The highest BCUT2D eigenvalue weighted by Gasteiger charge is 2.08. The first-order valence-corrected chi connectivity index (χ1v) is 8.32. The quantitative estimate of drug-likeness (QED) is 0.689. The first-order chi connectivity index (χ1) is 9.88. The summed E-state index contributed by atoms with van der Waals surface area (Å²) >= 11 is 0. The topological polar surface area (TPSA) is 12.5 Å². The fourth-order valence-corrected chi connectivity index (χ4v) is 2.88. The molecule has 2 rings (SSSR count). The molecule has 20 heavy (non-hydrogen) atoms. The molecular formula is C18H29NO. The maximum absolute atomic E-state index is 5.83. The van der Waals surface area contributed by atoms with Crippen LogP contribution < -0.4 is 4.74 Å². The Kier molecular flexibility index (Phi) is 6.93. The lowest BCUT2D eigenvalue weighted by molar-refractivity contribution is 0.240. The van der Waals surface area contributed by atoms with Gasteiger partial charge in [0.15, 0.2) is 0 Å². The average Bonchev–Trinajstić information content (AvgIpc) is 2.74. The van der Waals surface area contributed by atoms with E-state index in [0.717, 1.165) is 25.2 Å². The van der Waals surface area contributed by atoms with E-state index in [-0.39, 0.29) is 0 Å². The predicted octanol–water partition coefficient (Wildman–Crippen LogP) is 4.28.